The molecule has 1 aromatic carbocycles. The van der Waals surface area contributed by atoms with Crippen molar-refractivity contribution in [3.8, 4) is 0 Å². The van der Waals surface area contributed by atoms with Crippen molar-refractivity contribution in [3.63, 3.8) is 0 Å². The van der Waals surface area contributed by atoms with E-state index in [1.54, 1.807) is 20.8 Å². The van der Waals surface area contributed by atoms with Crippen molar-refractivity contribution in [1.82, 2.24) is 10.6 Å². The molecule has 1 rings (SSSR count). The summed E-state index contributed by atoms with van der Waals surface area (Å²) in [5.74, 6) is -0.985. The van der Waals surface area contributed by atoms with Gasteiger partial charge in [-0.25, -0.2) is 9.18 Å². The van der Waals surface area contributed by atoms with Crippen LogP contribution in [0, 0.1) is 11.2 Å². The van der Waals surface area contributed by atoms with E-state index in [9.17, 15) is 9.18 Å². The molecule has 0 aromatic heterocycles. The van der Waals surface area contributed by atoms with E-state index < -0.39 is 17.4 Å². The maximum atomic E-state index is 13.7. The van der Waals surface area contributed by atoms with Gasteiger partial charge in [0.15, 0.2) is 0 Å². The summed E-state index contributed by atoms with van der Waals surface area (Å²) in [5, 5.41) is 15.2. The summed E-state index contributed by atoms with van der Waals surface area (Å²) in [6.45, 7) is 5.41. The zero-order chi connectivity index (χ0) is 15.5. The maximum Gasteiger partial charge on any atom is 0.321 e. The number of halogens is 3. The number of benzene rings is 1. The Balaban J connectivity index is 2.70. The van der Waals surface area contributed by atoms with Crippen molar-refractivity contribution >= 4 is 45.2 Å². The van der Waals surface area contributed by atoms with Gasteiger partial charge in [-0.3, -0.25) is 10.7 Å². The molecule has 0 heterocycles. The van der Waals surface area contributed by atoms with Gasteiger partial charge in [-0.15, -0.1) is 0 Å². The molecule has 0 fully saturated rings. The molecule has 0 saturated carbocycles. The molecule has 2 amide bonds. The lowest BCUT2D eigenvalue weighted by Gasteiger charge is -2.21. The minimum Gasteiger partial charge on any atom is -0.333 e. The van der Waals surface area contributed by atoms with Crippen LogP contribution in [0.25, 0.3) is 0 Å². The number of rotatable bonds is 1. The Morgan fingerprint density at radius 1 is 1.40 bits per heavy atom. The van der Waals surface area contributed by atoms with E-state index in [2.05, 4.69) is 31.9 Å². The smallest absolute Gasteiger partial charge is 0.321 e. The van der Waals surface area contributed by atoms with Gasteiger partial charge in [0, 0.05) is 15.0 Å². The number of guanidine groups is 1. The molecule has 0 aliphatic carbocycles. The van der Waals surface area contributed by atoms with E-state index in [0.717, 1.165) is 6.07 Å². The van der Waals surface area contributed by atoms with Crippen LogP contribution in [-0.4, -0.2) is 17.5 Å². The first kappa shape index (κ1) is 16.7. The largest absolute Gasteiger partial charge is 0.333 e. The first-order chi connectivity index (χ1) is 9.08. The highest BCUT2D eigenvalue weighted by molar-refractivity contribution is 9.10. The van der Waals surface area contributed by atoms with Crippen molar-refractivity contribution in [2.24, 2.45) is 0 Å². The number of hydrogen-bond donors (Lipinski definition) is 4. The molecule has 0 spiro atoms. The van der Waals surface area contributed by atoms with Crippen molar-refractivity contribution < 1.29 is 9.18 Å². The topological polar surface area (TPSA) is 77.0 Å². The summed E-state index contributed by atoms with van der Waals surface area (Å²) in [5.41, 5.74) is -0.410. The third kappa shape index (κ3) is 5.34. The molecule has 20 heavy (non-hydrogen) atoms. The number of amides is 2. The molecule has 0 unspecified atom stereocenters. The highest BCUT2D eigenvalue weighted by atomic mass is 79.9. The molecule has 0 aliphatic heterocycles. The first-order valence-corrected chi connectivity index (χ1v) is 6.85. The number of hydrogen-bond acceptors (Lipinski definition) is 2. The van der Waals surface area contributed by atoms with Gasteiger partial charge in [-0.1, -0.05) is 11.6 Å². The summed E-state index contributed by atoms with van der Waals surface area (Å²) in [7, 11) is 0. The van der Waals surface area contributed by atoms with Crippen molar-refractivity contribution in [3.05, 3.63) is 27.4 Å². The van der Waals surface area contributed by atoms with Gasteiger partial charge < -0.3 is 10.6 Å². The predicted octanol–water partition coefficient (Wildman–Crippen LogP) is 3.69. The number of carbonyl (C=O) groups excluding carboxylic acids is 1. The molecule has 4 N–H and O–H groups in total. The zero-order valence-corrected chi connectivity index (χ0v) is 13.5. The van der Waals surface area contributed by atoms with Gasteiger partial charge in [-0.05, 0) is 48.8 Å². The molecule has 0 radical (unpaired) electrons. The molecule has 5 nitrogen and oxygen atoms in total. The Bertz CT molecular complexity index is 522. The third-order valence-electron chi connectivity index (χ3n) is 1.98. The summed E-state index contributed by atoms with van der Waals surface area (Å²) in [4.78, 5) is 11.6. The number of anilines is 1. The molecule has 0 aliphatic rings. The van der Waals surface area contributed by atoms with Crippen LogP contribution in [-0.2, 0) is 0 Å². The molecular weight excluding hydrogens is 351 g/mol. The molecule has 1 aromatic rings. The highest BCUT2D eigenvalue weighted by Crippen LogP contribution is 2.29. The first-order valence-electron chi connectivity index (χ1n) is 5.68. The van der Waals surface area contributed by atoms with Crippen molar-refractivity contribution in [2.75, 3.05) is 5.32 Å². The third-order valence-corrected chi connectivity index (χ3v) is 2.83. The van der Waals surface area contributed by atoms with Crippen LogP contribution in [0.4, 0.5) is 14.9 Å². The van der Waals surface area contributed by atoms with Crippen molar-refractivity contribution in [1.29, 1.82) is 5.41 Å². The standard InChI is InChI=1S/C12H15BrClFN4O/c1-12(2,3)19-11(20)18-10(16)17-9-7(13)4-6(14)5-8(9)15/h4-5H,1-3H3,(H4,16,17,18,19,20). The van der Waals surface area contributed by atoms with Gasteiger partial charge in [0.25, 0.3) is 0 Å². The van der Waals surface area contributed by atoms with Crippen LogP contribution >= 0.6 is 27.5 Å². The summed E-state index contributed by atoms with van der Waals surface area (Å²) in [6, 6.07) is 2.03. The van der Waals surface area contributed by atoms with Gasteiger partial charge >= 0.3 is 6.03 Å². The van der Waals surface area contributed by atoms with E-state index in [4.69, 9.17) is 17.0 Å². The normalized spacial score (nSPS) is 10.9. The molecular formula is C12H15BrClFN4O. The Morgan fingerprint density at radius 3 is 2.50 bits per heavy atom. The molecule has 8 heteroatoms. The molecule has 0 bridgehead atoms. The Hall–Kier alpha value is -1.34. The maximum absolute atomic E-state index is 13.7. The van der Waals surface area contributed by atoms with Crippen LogP contribution in [0.2, 0.25) is 5.02 Å². The van der Waals surface area contributed by atoms with Gasteiger partial charge in [0.05, 0.1) is 5.69 Å². The van der Waals surface area contributed by atoms with Crippen LogP contribution < -0.4 is 16.0 Å². The second kappa shape index (κ2) is 6.41. The minimum atomic E-state index is -0.632. The molecule has 110 valence electrons. The SMILES string of the molecule is CC(C)(C)NC(=O)NC(=N)Nc1c(F)cc(Cl)cc1Br. The number of urea groups is 1. The van der Waals surface area contributed by atoms with Crippen LogP contribution in [0.15, 0.2) is 16.6 Å². The average Bonchev–Trinajstić information content (AvgIpc) is 2.20. The van der Waals surface area contributed by atoms with Gasteiger partial charge in [-0.2, -0.15) is 0 Å². The lowest BCUT2D eigenvalue weighted by molar-refractivity contribution is 0.236. The second-order valence-corrected chi connectivity index (χ2v) is 6.36. The van der Waals surface area contributed by atoms with E-state index >= 15 is 0 Å². The summed E-state index contributed by atoms with van der Waals surface area (Å²) >= 11 is 8.81. The Morgan fingerprint density at radius 2 is 2.00 bits per heavy atom. The summed E-state index contributed by atoms with van der Waals surface area (Å²) < 4.78 is 14.0. The van der Waals surface area contributed by atoms with E-state index in [1.807, 2.05) is 0 Å². The zero-order valence-electron chi connectivity index (χ0n) is 11.2. The summed E-state index contributed by atoms with van der Waals surface area (Å²) in [6.07, 6.45) is 0. The van der Waals surface area contributed by atoms with Gasteiger partial charge in [0.1, 0.15) is 5.82 Å². The molecule has 0 atom stereocenters. The van der Waals surface area contributed by atoms with Crippen molar-refractivity contribution in [2.45, 2.75) is 26.3 Å². The lowest BCUT2D eigenvalue weighted by atomic mass is 10.1. The lowest BCUT2D eigenvalue weighted by Crippen LogP contribution is -2.49. The quantitative estimate of drug-likeness (QED) is 0.452. The Kier molecular flexibility index (Phi) is 5.35. The highest BCUT2D eigenvalue weighted by Gasteiger charge is 2.16. The Labute approximate surface area is 129 Å². The monoisotopic (exact) mass is 364 g/mol. The molecule has 0 saturated heterocycles. The second-order valence-electron chi connectivity index (χ2n) is 5.07. The fourth-order valence-corrected chi connectivity index (χ4v) is 2.18. The minimum absolute atomic E-state index is 0.0236. The number of nitrogens with one attached hydrogen (secondary N) is 4. The van der Waals surface area contributed by atoms with Crippen LogP contribution in [0.5, 0.6) is 0 Å². The fourth-order valence-electron chi connectivity index (χ4n) is 1.30. The van der Waals surface area contributed by atoms with E-state index in [0.29, 0.717) is 4.47 Å². The van der Waals surface area contributed by atoms with Gasteiger partial charge in [0.2, 0.25) is 5.96 Å². The fraction of sp³-hybridized carbons (Fsp3) is 0.333. The van der Waals surface area contributed by atoms with E-state index in [1.165, 1.54) is 6.07 Å². The van der Waals surface area contributed by atoms with Crippen LogP contribution in [0.1, 0.15) is 20.8 Å². The van der Waals surface area contributed by atoms with E-state index in [-0.39, 0.29) is 16.7 Å². The number of carbonyl (C=O) groups is 1. The van der Waals surface area contributed by atoms with Crippen LogP contribution in [0.3, 0.4) is 0 Å². The predicted molar refractivity (Wildman–Crippen MR) is 81.9 cm³/mol. The average molecular weight is 366 g/mol.